The molecule has 0 amide bonds. The van der Waals surface area contributed by atoms with Gasteiger partial charge < -0.3 is 10.1 Å². The van der Waals surface area contributed by atoms with E-state index in [1.807, 2.05) is 13.8 Å². The van der Waals surface area contributed by atoms with E-state index < -0.39 is 6.04 Å². The lowest BCUT2D eigenvalue weighted by atomic mass is 10.0. The molecule has 1 atom stereocenters. The van der Waals surface area contributed by atoms with Crippen molar-refractivity contribution < 1.29 is 9.53 Å². The van der Waals surface area contributed by atoms with Crippen molar-refractivity contribution in [2.75, 3.05) is 12.4 Å². The lowest BCUT2D eigenvalue weighted by molar-refractivity contribution is -0.142. The van der Waals surface area contributed by atoms with Crippen LogP contribution in [0.2, 0.25) is 5.02 Å². The molecule has 0 fully saturated rings. The molecule has 88 valence electrons. The fourth-order valence-electron chi connectivity index (χ4n) is 1.28. The number of esters is 1. The van der Waals surface area contributed by atoms with Crippen molar-refractivity contribution in [2.24, 2.45) is 5.92 Å². The second-order valence-corrected chi connectivity index (χ2v) is 4.15. The van der Waals surface area contributed by atoms with Crippen molar-refractivity contribution in [2.45, 2.75) is 19.9 Å². The van der Waals surface area contributed by atoms with Crippen LogP contribution in [0.4, 0.5) is 5.69 Å². The highest BCUT2D eigenvalue weighted by Crippen LogP contribution is 2.22. The predicted molar refractivity (Wildman–Crippen MR) is 63.5 cm³/mol. The molecule has 0 aliphatic carbocycles. The first-order valence-corrected chi connectivity index (χ1v) is 5.38. The fraction of sp³-hybridized carbons (Fsp3) is 0.455. The maximum Gasteiger partial charge on any atom is 0.328 e. The first kappa shape index (κ1) is 12.8. The van der Waals surface area contributed by atoms with Crippen LogP contribution in [0.1, 0.15) is 13.8 Å². The summed E-state index contributed by atoms with van der Waals surface area (Å²) in [5.74, 6) is -0.195. The summed E-state index contributed by atoms with van der Waals surface area (Å²) in [6.45, 7) is 3.87. The third-order valence-electron chi connectivity index (χ3n) is 2.21. The van der Waals surface area contributed by atoms with Crippen LogP contribution in [0.15, 0.2) is 18.5 Å². The summed E-state index contributed by atoms with van der Waals surface area (Å²) in [6, 6.07) is 1.31. The summed E-state index contributed by atoms with van der Waals surface area (Å²) in [7, 11) is 1.37. The Kier molecular flexibility index (Phi) is 4.55. The highest BCUT2D eigenvalue weighted by molar-refractivity contribution is 6.33. The van der Waals surface area contributed by atoms with Crippen molar-refractivity contribution in [1.82, 2.24) is 4.98 Å². The fourth-order valence-corrected chi connectivity index (χ4v) is 1.46. The van der Waals surface area contributed by atoms with Crippen molar-refractivity contribution in [3.63, 3.8) is 0 Å². The summed E-state index contributed by atoms with van der Waals surface area (Å²) >= 11 is 5.94. The summed E-state index contributed by atoms with van der Waals surface area (Å²) in [5.41, 5.74) is 0.681. The Hall–Kier alpha value is -1.29. The number of aromatic nitrogens is 1. The smallest absolute Gasteiger partial charge is 0.328 e. The van der Waals surface area contributed by atoms with E-state index in [4.69, 9.17) is 16.3 Å². The number of nitrogens with one attached hydrogen (secondary N) is 1. The molecule has 0 aliphatic heterocycles. The maximum atomic E-state index is 11.5. The molecule has 1 rings (SSSR count). The Morgan fingerprint density at radius 3 is 2.75 bits per heavy atom. The van der Waals surface area contributed by atoms with Gasteiger partial charge in [0.2, 0.25) is 0 Å². The van der Waals surface area contributed by atoms with E-state index in [0.29, 0.717) is 10.7 Å². The number of carbonyl (C=O) groups is 1. The minimum atomic E-state index is -0.412. The zero-order valence-electron chi connectivity index (χ0n) is 9.53. The van der Waals surface area contributed by atoms with Crippen LogP contribution in [0, 0.1) is 5.92 Å². The standard InChI is InChI=1S/C11H15ClN2O2/c1-7(2)10(11(15)16-3)14-9-4-5-13-6-8(9)12/h4-7,10H,1-3H3,(H,13,14). The Bertz CT molecular complexity index is 369. The second-order valence-electron chi connectivity index (χ2n) is 3.74. The maximum absolute atomic E-state index is 11.5. The van der Waals surface area contributed by atoms with Crippen molar-refractivity contribution in [3.8, 4) is 0 Å². The normalized spacial score (nSPS) is 12.3. The second kappa shape index (κ2) is 5.70. The van der Waals surface area contributed by atoms with Crippen molar-refractivity contribution in [3.05, 3.63) is 23.5 Å². The number of hydrogen-bond donors (Lipinski definition) is 1. The molecule has 0 spiro atoms. The van der Waals surface area contributed by atoms with Crippen LogP contribution in [0.3, 0.4) is 0 Å². The van der Waals surface area contributed by atoms with Gasteiger partial charge in [-0.15, -0.1) is 0 Å². The van der Waals surface area contributed by atoms with E-state index in [0.717, 1.165) is 0 Å². The summed E-state index contributed by atoms with van der Waals surface area (Å²) in [4.78, 5) is 15.4. The molecule has 0 radical (unpaired) electrons. The summed E-state index contributed by atoms with van der Waals surface area (Å²) in [6.07, 6.45) is 3.14. The summed E-state index contributed by atoms with van der Waals surface area (Å²) in [5, 5.41) is 3.53. The lowest BCUT2D eigenvalue weighted by Crippen LogP contribution is -2.35. The van der Waals surface area contributed by atoms with Crippen molar-refractivity contribution in [1.29, 1.82) is 0 Å². The van der Waals surface area contributed by atoms with Crippen LogP contribution in [-0.4, -0.2) is 24.1 Å². The monoisotopic (exact) mass is 242 g/mol. The molecule has 1 heterocycles. The van der Waals surface area contributed by atoms with Gasteiger partial charge in [-0.3, -0.25) is 4.98 Å². The minimum absolute atomic E-state index is 0.108. The quantitative estimate of drug-likeness (QED) is 0.824. The zero-order valence-corrected chi connectivity index (χ0v) is 10.3. The number of methoxy groups -OCH3 is 1. The summed E-state index contributed by atoms with van der Waals surface area (Å²) < 4.78 is 4.73. The highest BCUT2D eigenvalue weighted by Gasteiger charge is 2.23. The van der Waals surface area contributed by atoms with E-state index in [2.05, 4.69) is 10.3 Å². The van der Waals surface area contributed by atoms with Crippen LogP contribution in [-0.2, 0) is 9.53 Å². The largest absolute Gasteiger partial charge is 0.467 e. The van der Waals surface area contributed by atoms with Crippen LogP contribution in [0.25, 0.3) is 0 Å². The number of hydrogen-bond acceptors (Lipinski definition) is 4. The van der Waals surface area contributed by atoms with E-state index >= 15 is 0 Å². The molecule has 1 N–H and O–H groups in total. The highest BCUT2D eigenvalue weighted by atomic mass is 35.5. The molecule has 4 nitrogen and oxygen atoms in total. The number of ether oxygens (including phenoxy) is 1. The van der Waals surface area contributed by atoms with Gasteiger partial charge in [-0.1, -0.05) is 25.4 Å². The Morgan fingerprint density at radius 1 is 1.56 bits per heavy atom. The molecular weight excluding hydrogens is 228 g/mol. The molecule has 16 heavy (non-hydrogen) atoms. The molecule has 1 aromatic rings. The van der Waals surface area contributed by atoms with Gasteiger partial charge in [-0.2, -0.15) is 0 Å². The van der Waals surface area contributed by atoms with Gasteiger partial charge >= 0.3 is 5.97 Å². The molecule has 1 aromatic heterocycles. The Balaban J connectivity index is 2.84. The minimum Gasteiger partial charge on any atom is -0.467 e. The van der Waals surface area contributed by atoms with Gasteiger partial charge in [0, 0.05) is 12.4 Å². The van der Waals surface area contributed by atoms with E-state index in [1.54, 1.807) is 12.3 Å². The average Bonchev–Trinajstić information content (AvgIpc) is 2.26. The first-order chi connectivity index (χ1) is 7.56. The molecule has 0 aliphatic rings. The van der Waals surface area contributed by atoms with E-state index in [-0.39, 0.29) is 11.9 Å². The van der Waals surface area contributed by atoms with Gasteiger partial charge in [0.1, 0.15) is 6.04 Å². The third kappa shape index (κ3) is 3.10. The van der Waals surface area contributed by atoms with Gasteiger partial charge in [0.25, 0.3) is 0 Å². The molecule has 0 saturated heterocycles. The lowest BCUT2D eigenvalue weighted by Gasteiger charge is -2.21. The third-order valence-corrected chi connectivity index (χ3v) is 2.51. The number of halogens is 1. The van der Waals surface area contributed by atoms with E-state index in [9.17, 15) is 4.79 Å². The van der Waals surface area contributed by atoms with Crippen LogP contribution >= 0.6 is 11.6 Å². The van der Waals surface area contributed by atoms with Gasteiger partial charge in [-0.25, -0.2) is 4.79 Å². The SMILES string of the molecule is COC(=O)C(Nc1ccncc1Cl)C(C)C. The van der Waals surface area contributed by atoms with E-state index in [1.165, 1.54) is 13.3 Å². The topological polar surface area (TPSA) is 51.2 Å². The molecular formula is C11H15ClN2O2. The number of anilines is 1. The first-order valence-electron chi connectivity index (χ1n) is 5.00. The van der Waals surface area contributed by atoms with Gasteiger partial charge in [-0.05, 0) is 12.0 Å². The molecule has 0 aromatic carbocycles. The Morgan fingerprint density at radius 2 is 2.25 bits per heavy atom. The Labute approximate surface area is 100.0 Å². The molecule has 0 bridgehead atoms. The zero-order chi connectivity index (χ0) is 12.1. The average molecular weight is 243 g/mol. The van der Waals surface area contributed by atoms with Gasteiger partial charge in [0.15, 0.2) is 0 Å². The number of carbonyl (C=O) groups excluding carboxylic acids is 1. The number of nitrogens with zero attached hydrogens (tertiary/aromatic N) is 1. The predicted octanol–water partition coefficient (Wildman–Crippen LogP) is 2.34. The van der Waals surface area contributed by atoms with Crippen LogP contribution in [0.5, 0.6) is 0 Å². The number of rotatable bonds is 4. The molecule has 5 heteroatoms. The van der Waals surface area contributed by atoms with Crippen molar-refractivity contribution >= 4 is 23.3 Å². The molecule has 1 unspecified atom stereocenters. The molecule has 0 saturated carbocycles. The van der Waals surface area contributed by atoms with Gasteiger partial charge in [0.05, 0.1) is 17.8 Å². The van der Waals surface area contributed by atoms with Crippen LogP contribution < -0.4 is 5.32 Å². The number of pyridine rings is 1.